The molecule has 30 heavy (non-hydrogen) atoms. The second-order valence-electron chi connectivity index (χ2n) is 7.84. The molecule has 3 N–H and O–H groups in total. The third kappa shape index (κ3) is 4.87. The lowest BCUT2D eigenvalue weighted by Crippen LogP contribution is -2.13. The zero-order valence-corrected chi connectivity index (χ0v) is 17.3. The van der Waals surface area contributed by atoms with Gasteiger partial charge in [0.05, 0.1) is 11.3 Å². The van der Waals surface area contributed by atoms with Gasteiger partial charge in [-0.3, -0.25) is 9.59 Å². The lowest BCUT2D eigenvalue weighted by Gasteiger charge is -2.13. The van der Waals surface area contributed by atoms with Crippen molar-refractivity contribution in [2.24, 2.45) is 5.92 Å². The van der Waals surface area contributed by atoms with Crippen LogP contribution in [0.25, 0.3) is 5.57 Å². The van der Waals surface area contributed by atoms with Crippen LogP contribution in [-0.2, 0) is 9.59 Å². The van der Waals surface area contributed by atoms with Crippen LogP contribution in [0.4, 0.5) is 10.1 Å². The van der Waals surface area contributed by atoms with Gasteiger partial charge in [0.25, 0.3) is 5.91 Å². The van der Waals surface area contributed by atoms with Crippen molar-refractivity contribution in [1.29, 1.82) is 0 Å². The molecule has 2 aliphatic heterocycles. The number of allylic oxidation sites excluding steroid dienone is 3. The van der Waals surface area contributed by atoms with Crippen LogP contribution in [0, 0.1) is 23.6 Å². The minimum atomic E-state index is -0.864. The molecule has 5 nitrogen and oxygen atoms in total. The number of aliphatic hydroxyl groups is 1. The Hall–Kier alpha value is -3.17. The number of carbonyl (C=O) groups excluding carboxylic acids is 2. The average molecular weight is 408 g/mol. The highest BCUT2D eigenvalue weighted by molar-refractivity contribution is 6.32. The van der Waals surface area contributed by atoms with E-state index < -0.39 is 11.9 Å². The van der Waals surface area contributed by atoms with Gasteiger partial charge in [-0.2, -0.15) is 0 Å². The van der Waals surface area contributed by atoms with E-state index >= 15 is 0 Å². The molecule has 0 fully saturated rings. The molecule has 0 spiro atoms. The molecule has 2 aliphatic rings. The van der Waals surface area contributed by atoms with Gasteiger partial charge in [-0.05, 0) is 37.8 Å². The van der Waals surface area contributed by atoms with E-state index in [0.29, 0.717) is 41.7 Å². The predicted octanol–water partition coefficient (Wildman–Crippen LogP) is 3.66. The van der Waals surface area contributed by atoms with Crippen molar-refractivity contribution in [3.8, 4) is 11.8 Å². The first-order chi connectivity index (χ1) is 14.3. The van der Waals surface area contributed by atoms with Crippen molar-refractivity contribution < 1.29 is 19.1 Å². The van der Waals surface area contributed by atoms with E-state index in [-0.39, 0.29) is 23.2 Å². The second kappa shape index (κ2) is 9.10. The first-order valence-electron chi connectivity index (χ1n) is 9.95. The van der Waals surface area contributed by atoms with Gasteiger partial charge in [-0.25, -0.2) is 4.39 Å². The normalized spacial score (nSPS) is 17.4. The van der Waals surface area contributed by atoms with E-state index in [2.05, 4.69) is 22.5 Å². The second-order valence-corrected chi connectivity index (χ2v) is 7.84. The van der Waals surface area contributed by atoms with Gasteiger partial charge in [0.2, 0.25) is 0 Å². The maximum absolute atomic E-state index is 14.6. The number of Topliss-reactive ketones (excluding diaryl/α,β-unsaturated/α-hetero) is 1. The Bertz CT molecular complexity index is 1040. The molecule has 3 rings (SSSR count). The molecule has 0 aromatic heterocycles. The molecule has 6 heteroatoms. The summed E-state index contributed by atoms with van der Waals surface area (Å²) in [5, 5.41) is 15.8. The van der Waals surface area contributed by atoms with Crippen LogP contribution >= 0.6 is 0 Å². The minimum absolute atomic E-state index is 0.0126. The Morgan fingerprint density at radius 2 is 2.13 bits per heavy atom. The maximum Gasteiger partial charge on any atom is 0.256 e. The zero-order chi connectivity index (χ0) is 21.8. The SMILES string of the molecule is CC(=O)C1=CNC(C/C=C2\C(=O)Nc3ccc(F)c(C#C[C@H](O)CC(C)C)c32)=CC1. The molecule has 0 aliphatic carbocycles. The van der Waals surface area contributed by atoms with Gasteiger partial charge in [0.15, 0.2) is 5.78 Å². The summed E-state index contributed by atoms with van der Waals surface area (Å²) in [5.41, 5.74) is 2.90. The predicted molar refractivity (Wildman–Crippen MR) is 115 cm³/mol. The number of anilines is 1. The van der Waals surface area contributed by atoms with Crippen LogP contribution in [0.5, 0.6) is 0 Å². The summed E-state index contributed by atoms with van der Waals surface area (Å²) in [6.45, 7) is 5.46. The van der Waals surface area contributed by atoms with Crippen molar-refractivity contribution in [2.45, 2.75) is 46.1 Å². The van der Waals surface area contributed by atoms with Crippen LogP contribution < -0.4 is 10.6 Å². The van der Waals surface area contributed by atoms with Crippen molar-refractivity contribution in [3.05, 3.63) is 58.7 Å². The van der Waals surface area contributed by atoms with E-state index in [4.69, 9.17) is 0 Å². The van der Waals surface area contributed by atoms with E-state index in [1.807, 2.05) is 19.9 Å². The van der Waals surface area contributed by atoms with Gasteiger partial charge in [0.1, 0.15) is 11.9 Å². The fraction of sp³-hybridized carbons (Fsp3) is 0.333. The van der Waals surface area contributed by atoms with Gasteiger partial charge in [-0.15, -0.1) is 0 Å². The molecular formula is C24H25FN2O3. The lowest BCUT2D eigenvalue weighted by atomic mass is 9.97. The molecule has 0 unspecified atom stereocenters. The average Bonchev–Trinajstić information content (AvgIpc) is 3.00. The summed E-state index contributed by atoms with van der Waals surface area (Å²) < 4.78 is 14.6. The number of nitrogens with one attached hydrogen (secondary N) is 2. The standard InChI is InChI=1S/C24H25FN2O3/c1-14(2)12-18(29)7-9-19-21(25)10-11-22-23(19)20(24(30)27-22)8-6-17-5-4-16(13-26-17)15(3)28/h5,8,10-11,13-14,18,26,29H,4,6,12H2,1-3H3,(H,27,30)/b20-8-/t18-/m0/s1. The number of fused-ring (bicyclic) bond motifs is 1. The Morgan fingerprint density at radius 3 is 2.77 bits per heavy atom. The maximum atomic E-state index is 14.6. The largest absolute Gasteiger partial charge is 0.380 e. The number of hydrogen-bond donors (Lipinski definition) is 3. The lowest BCUT2D eigenvalue weighted by molar-refractivity contribution is -0.113. The summed E-state index contributed by atoms with van der Waals surface area (Å²) in [5.74, 6) is 4.84. The van der Waals surface area contributed by atoms with Crippen LogP contribution in [0.15, 0.2) is 41.8 Å². The first-order valence-corrected chi connectivity index (χ1v) is 9.95. The topological polar surface area (TPSA) is 78.4 Å². The molecule has 1 aromatic carbocycles. The Labute approximate surface area is 175 Å². The number of amides is 1. The van der Waals surface area contributed by atoms with E-state index in [1.165, 1.54) is 19.1 Å². The summed E-state index contributed by atoms with van der Waals surface area (Å²) in [6.07, 6.45) is 5.87. The van der Waals surface area contributed by atoms with Gasteiger partial charge >= 0.3 is 0 Å². The molecule has 156 valence electrons. The fourth-order valence-electron chi connectivity index (χ4n) is 3.37. The molecule has 2 heterocycles. The van der Waals surface area contributed by atoms with Crippen molar-refractivity contribution in [2.75, 3.05) is 5.32 Å². The zero-order valence-electron chi connectivity index (χ0n) is 17.3. The summed E-state index contributed by atoms with van der Waals surface area (Å²) >= 11 is 0. The Kier molecular flexibility index (Phi) is 6.53. The molecule has 0 bridgehead atoms. The molecule has 0 radical (unpaired) electrons. The number of carbonyl (C=O) groups is 2. The highest BCUT2D eigenvalue weighted by atomic mass is 19.1. The van der Waals surface area contributed by atoms with E-state index in [9.17, 15) is 19.1 Å². The number of dihydropyridines is 1. The summed E-state index contributed by atoms with van der Waals surface area (Å²) in [7, 11) is 0. The van der Waals surface area contributed by atoms with Crippen molar-refractivity contribution in [1.82, 2.24) is 5.32 Å². The summed E-state index contributed by atoms with van der Waals surface area (Å²) in [4.78, 5) is 23.9. The third-order valence-electron chi connectivity index (χ3n) is 4.95. The Morgan fingerprint density at radius 1 is 1.37 bits per heavy atom. The number of rotatable bonds is 5. The molecular weight excluding hydrogens is 383 g/mol. The van der Waals surface area contributed by atoms with Crippen LogP contribution in [0.2, 0.25) is 0 Å². The third-order valence-corrected chi connectivity index (χ3v) is 4.95. The molecule has 0 saturated heterocycles. The molecule has 1 atom stereocenters. The highest BCUT2D eigenvalue weighted by Gasteiger charge is 2.28. The number of hydrogen-bond acceptors (Lipinski definition) is 4. The number of aliphatic hydroxyl groups excluding tert-OH is 1. The molecule has 1 aromatic rings. The van der Waals surface area contributed by atoms with Gasteiger partial charge < -0.3 is 15.7 Å². The minimum Gasteiger partial charge on any atom is -0.380 e. The van der Waals surface area contributed by atoms with Crippen LogP contribution in [0.1, 0.15) is 51.2 Å². The number of benzene rings is 1. The Balaban J connectivity index is 1.88. The van der Waals surface area contributed by atoms with Crippen LogP contribution in [-0.4, -0.2) is 22.9 Å². The summed E-state index contributed by atoms with van der Waals surface area (Å²) in [6, 6.07) is 2.78. The van der Waals surface area contributed by atoms with Gasteiger partial charge in [0, 0.05) is 35.0 Å². The smallest absolute Gasteiger partial charge is 0.256 e. The number of ketones is 1. The number of halogens is 1. The van der Waals surface area contributed by atoms with E-state index in [0.717, 1.165) is 5.70 Å². The quantitative estimate of drug-likeness (QED) is 0.513. The van der Waals surface area contributed by atoms with E-state index in [1.54, 1.807) is 12.3 Å². The monoisotopic (exact) mass is 408 g/mol. The first kappa shape index (κ1) is 21.5. The van der Waals surface area contributed by atoms with Crippen molar-refractivity contribution >= 4 is 23.0 Å². The van der Waals surface area contributed by atoms with Gasteiger partial charge in [-0.1, -0.05) is 37.8 Å². The fourth-order valence-corrected chi connectivity index (χ4v) is 3.37. The van der Waals surface area contributed by atoms with Crippen molar-refractivity contribution in [3.63, 3.8) is 0 Å². The van der Waals surface area contributed by atoms with Crippen LogP contribution in [0.3, 0.4) is 0 Å². The molecule has 1 amide bonds. The highest BCUT2D eigenvalue weighted by Crippen LogP contribution is 2.36. The molecule has 0 saturated carbocycles.